The van der Waals surface area contributed by atoms with Crippen LogP contribution in [0.5, 0.6) is 0 Å². The maximum atomic E-state index is 13.1. The van der Waals surface area contributed by atoms with Gasteiger partial charge in [-0.2, -0.15) is 0 Å². The fraction of sp³-hybridized carbons (Fsp3) is 0.837. The van der Waals surface area contributed by atoms with Crippen molar-refractivity contribution < 1.29 is 49.3 Å². The fourth-order valence-electron chi connectivity index (χ4n) is 13.0. The van der Waals surface area contributed by atoms with E-state index in [1.807, 2.05) is 6.08 Å². The van der Waals surface area contributed by atoms with Gasteiger partial charge in [-0.25, -0.2) is 0 Å². The van der Waals surface area contributed by atoms with E-state index < -0.39 is 49.5 Å². The first-order chi connectivity index (χ1) is 47.7. The van der Waals surface area contributed by atoms with Crippen molar-refractivity contribution in [1.82, 2.24) is 5.32 Å². The Labute approximate surface area is 598 Å². The molecule has 566 valence electrons. The van der Waals surface area contributed by atoms with Crippen LogP contribution in [0.4, 0.5) is 0 Å². The average molecular weight is 1370 g/mol. The molecule has 0 spiro atoms. The first kappa shape index (κ1) is 92.1. The number of aliphatic hydroxyl groups is 5. The van der Waals surface area contributed by atoms with Crippen molar-refractivity contribution in [3.8, 4) is 0 Å². The lowest BCUT2D eigenvalue weighted by atomic mass is 9.99. The van der Waals surface area contributed by atoms with Crippen LogP contribution in [-0.4, -0.2) is 100 Å². The predicted octanol–water partition coefficient (Wildman–Crippen LogP) is 23.0. The molecule has 1 fully saturated rings. The third kappa shape index (κ3) is 62.6. The topological polar surface area (TPSA) is 175 Å². The number of esters is 1. The summed E-state index contributed by atoms with van der Waals surface area (Å²) in [6.45, 7) is 4.35. The van der Waals surface area contributed by atoms with E-state index in [0.717, 1.165) is 77.0 Å². The second kappa shape index (κ2) is 74.3. The van der Waals surface area contributed by atoms with Crippen LogP contribution in [0.25, 0.3) is 0 Å². The summed E-state index contributed by atoms with van der Waals surface area (Å²) < 4.78 is 16.8. The number of unbranched alkanes of at least 4 members (excludes halogenated alkanes) is 50. The first-order valence-electron chi connectivity index (χ1n) is 41.7. The van der Waals surface area contributed by atoms with Crippen molar-refractivity contribution in [1.29, 1.82) is 0 Å². The molecule has 0 bridgehead atoms. The van der Waals surface area contributed by atoms with Crippen LogP contribution < -0.4 is 5.32 Å². The number of carbonyl (C=O) groups is 2. The van der Waals surface area contributed by atoms with Crippen molar-refractivity contribution >= 4 is 11.9 Å². The summed E-state index contributed by atoms with van der Waals surface area (Å²) in [6, 6.07) is -0.834. The van der Waals surface area contributed by atoms with Gasteiger partial charge in [-0.1, -0.05) is 344 Å². The molecule has 7 atom stereocenters. The normalized spacial score (nSPS) is 17.6. The molecule has 1 amide bonds. The van der Waals surface area contributed by atoms with Crippen LogP contribution in [-0.2, 0) is 23.8 Å². The van der Waals surface area contributed by atoms with Gasteiger partial charge >= 0.3 is 5.97 Å². The monoisotopic (exact) mass is 1360 g/mol. The smallest absolute Gasteiger partial charge is 0.305 e. The largest absolute Gasteiger partial charge is 0.466 e. The second-order valence-corrected chi connectivity index (χ2v) is 28.8. The number of carbonyl (C=O) groups excluding carboxylic acids is 2. The summed E-state index contributed by atoms with van der Waals surface area (Å²) in [6.07, 6.45) is 92.3. The Morgan fingerprint density at radius 3 is 1.08 bits per heavy atom. The molecule has 97 heavy (non-hydrogen) atoms. The Hall–Kier alpha value is -2.90. The number of allylic oxidation sites excluding steroid dienone is 11. The van der Waals surface area contributed by atoms with Gasteiger partial charge in [0.15, 0.2) is 6.29 Å². The van der Waals surface area contributed by atoms with Gasteiger partial charge in [-0.3, -0.25) is 9.59 Å². The Morgan fingerprint density at radius 1 is 0.381 bits per heavy atom. The Morgan fingerprint density at radius 2 is 0.701 bits per heavy atom. The summed E-state index contributed by atoms with van der Waals surface area (Å²) in [5, 5.41) is 54.6. The molecular weight excluding hydrogens is 1210 g/mol. The number of hydrogen-bond donors (Lipinski definition) is 6. The SMILES string of the molecule is CCCCCCC/C=C/CC/C=C/CC/C=C/C(O)C(COC1OC(CO)C(O)C(O)C1O)NC(=O)CCCCCCCCCCCCCCCCCCC/C=C\C/C=C\CCCCCCCCCCCCCCCCCOC(=O)CCCCCCC/C=C\CCCCCCCC. The van der Waals surface area contributed by atoms with Crippen LogP contribution in [0.15, 0.2) is 72.9 Å². The van der Waals surface area contributed by atoms with E-state index in [2.05, 4.69) is 79.9 Å². The molecule has 6 N–H and O–H groups in total. The molecule has 1 saturated heterocycles. The third-order valence-corrected chi connectivity index (χ3v) is 19.5. The minimum Gasteiger partial charge on any atom is -0.466 e. The zero-order valence-electron chi connectivity index (χ0n) is 63.3. The highest BCUT2D eigenvalue weighted by Crippen LogP contribution is 2.24. The highest BCUT2D eigenvalue weighted by Gasteiger charge is 2.44. The fourth-order valence-corrected chi connectivity index (χ4v) is 13.0. The molecule has 11 nitrogen and oxygen atoms in total. The van der Waals surface area contributed by atoms with E-state index in [-0.39, 0.29) is 18.5 Å². The van der Waals surface area contributed by atoms with Crippen LogP contribution in [0, 0.1) is 0 Å². The maximum absolute atomic E-state index is 13.1. The van der Waals surface area contributed by atoms with Gasteiger partial charge in [-0.05, 0) is 116 Å². The van der Waals surface area contributed by atoms with Crippen LogP contribution in [0.1, 0.15) is 399 Å². The Balaban J connectivity index is 1.92. The predicted molar refractivity (Wildman–Crippen MR) is 412 cm³/mol. The minimum atomic E-state index is -1.58. The number of rotatable bonds is 74. The van der Waals surface area contributed by atoms with Gasteiger partial charge in [0, 0.05) is 12.8 Å². The van der Waals surface area contributed by atoms with Crippen LogP contribution in [0.2, 0.25) is 0 Å². The molecule has 1 rings (SSSR count). The summed E-state index contributed by atoms with van der Waals surface area (Å²) in [7, 11) is 0. The number of hydrogen-bond acceptors (Lipinski definition) is 10. The molecule has 0 aromatic carbocycles. The summed E-state index contributed by atoms with van der Waals surface area (Å²) in [4.78, 5) is 25.2. The molecule has 0 aliphatic carbocycles. The maximum Gasteiger partial charge on any atom is 0.305 e. The van der Waals surface area contributed by atoms with E-state index in [0.29, 0.717) is 19.4 Å². The number of aliphatic hydroxyl groups excluding tert-OH is 5. The molecular formula is C86H157NO10. The van der Waals surface area contributed by atoms with Crippen molar-refractivity contribution in [2.24, 2.45) is 0 Å². The average Bonchev–Trinajstić information content (AvgIpc) is 0.839. The molecule has 0 radical (unpaired) electrons. The molecule has 0 saturated carbocycles. The van der Waals surface area contributed by atoms with E-state index in [1.165, 1.54) is 295 Å². The van der Waals surface area contributed by atoms with Gasteiger partial charge < -0.3 is 45.1 Å². The summed E-state index contributed by atoms with van der Waals surface area (Å²) in [5.41, 5.74) is 0. The lowest BCUT2D eigenvalue weighted by Gasteiger charge is -2.40. The molecule has 1 aliphatic rings. The Kier molecular flexibility index (Phi) is 70.5. The van der Waals surface area contributed by atoms with Gasteiger partial charge in [0.1, 0.15) is 24.4 Å². The number of ether oxygens (including phenoxy) is 3. The van der Waals surface area contributed by atoms with Crippen molar-refractivity contribution in [3.05, 3.63) is 72.9 Å². The first-order valence-corrected chi connectivity index (χ1v) is 41.7. The summed E-state index contributed by atoms with van der Waals surface area (Å²) in [5.74, 6) is -0.185. The second-order valence-electron chi connectivity index (χ2n) is 28.8. The van der Waals surface area contributed by atoms with Gasteiger partial charge in [-0.15, -0.1) is 0 Å². The third-order valence-electron chi connectivity index (χ3n) is 19.5. The van der Waals surface area contributed by atoms with Crippen molar-refractivity contribution in [2.45, 2.75) is 442 Å². The van der Waals surface area contributed by atoms with Gasteiger partial charge in [0.2, 0.25) is 5.91 Å². The highest BCUT2D eigenvalue weighted by atomic mass is 16.7. The van der Waals surface area contributed by atoms with Crippen LogP contribution >= 0.6 is 0 Å². The highest BCUT2D eigenvalue weighted by molar-refractivity contribution is 5.76. The molecule has 0 aromatic rings. The molecule has 1 aliphatic heterocycles. The quantitative estimate of drug-likeness (QED) is 0.0195. The molecule has 7 unspecified atom stereocenters. The lowest BCUT2D eigenvalue weighted by Crippen LogP contribution is -2.60. The lowest BCUT2D eigenvalue weighted by molar-refractivity contribution is -0.302. The molecule has 11 heteroatoms. The zero-order valence-corrected chi connectivity index (χ0v) is 63.3. The number of amides is 1. The standard InChI is InChI=1S/C86H157NO10/c1-3-5-7-9-11-13-15-17-44-48-52-56-60-64-68-72-79(89)78(77-96-86-85(94)84(93)83(92)80(76-88)97-86)87-81(90)73-69-65-61-57-53-49-46-42-40-38-36-34-32-30-28-26-24-22-20-19-21-23-25-27-29-31-33-35-37-39-41-43-47-51-55-59-63-67-71-75-95-82(91)74-70-66-62-58-54-50-45-18-16-14-12-10-8-6-4-2/h15,17-20,23,25,45,52,56,68,72,78-80,83-86,88-89,92-94H,3-14,16,21-22,24,26-44,46-51,53-55,57-67,69-71,73-77H2,1-2H3,(H,87,90)/b17-15+,20-19-,25-23-,45-18-,56-52+,72-68+. The Bertz CT molecular complexity index is 1850. The van der Waals surface area contributed by atoms with Crippen molar-refractivity contribution in [3.63, 3.8) is 0 Å². The van der Waals surface area contributed by atoms with Crippen molar-refractivity contribution in [2.75, 3.05) is 19.8 Å². The van der Waals surface area contributed by atoms with Gasteiger partial charge in [0.25, 0.3) is 0 Å². The number of nitrogens with one attached hydrogen (secondary N) is 1. The van der Waals surface area contributed by atoms with E-state index >= 15 is 0 Å². The van der Waals surface area contributed by atoms with E-state index in [9.17, 15) is 35.1 Å². The molecule has 0 aromatic heterocycles. The van der Waals surface area contributed by atoms with E-state index in [1.54, 1.807) is 6.08 Å². The minimum absolute atomic E-state index is 0.00655. The summed E-state index contributed by atoms with van der Waals surface area (Å²) >= 11 is 0. The van der Waals surface area contributed by atoms with Gasteiger partial charge in [0.05, 0.1) is 32.0 Å². The van der Waals surface area contributed by atoms with Crippen LogP contribution in [0.3, 0.4) is 0 Å². The van der Waals surface area contributed by atoms with E-state index in [4.69, 9.17) is 14.2 Å². The zero-order chi connectivity index (χ0) is 70.1. The molecule has 1 heterocycles.